The lowest BCUT2D eigenvalue weighted by Crippen LogP contribution is -2.14. The average Bonchev–Trinajstić information content (AvgIpc) is 2.65. The molecule has 0 saturated heterocycles. The molecule has 0 atom stereocenters. The predicted octanol–water partition coefficient (Wildman–Crippen LogP) is 4.48. The maximum Gasteiger partial charge on any atom is 0.387 e. The molecule has 0 aliphatic rings. The Morgan fingerprint density at radius 2 is 1.50 bits per heavy atom. The van der Waals surface area contributed by atoms with E-state index in [4.69, 9.17) is 4.74 Å². The van der Waals surface area contributed by atoms with Crippen molar-refractivity contribution in [3.63, 3.8) is 0 Å². The monoisotopic (exact) mass is 356 g/mol. The number of rotatable bonds is 6. The third-order valence-corrected chi connectivity index (χ3v) is 3.72. The van der Waals surface area contributed by atoms with Gasteiger partial charge in [0.25, 0.3) is 0 Å². The number of carbonyl (C=O) groups is 2. The normalized spacial score (nSPS) is 10.7. The Balaban J connectivity index is 1.61. The molecule has 0 amide bonds. The summed E-state index contributed by atoms with van der Waals surface area (Å²) in [4.78, 5) is 24.2. The maximum absolute atomic E-state index is 12.1. The van der Waals surface area contributed by atoms with E-state index in [1.54, 1.807) is 18.2 Å². The van der Waals surface area contributed by atoms with E-state index < -0.39 is 25.0 Å². The Morgan fingerprint density at radius 3 is 2.19 bits per heavy atom. The summed E-state index contributed by atoms with van der Waals surface area (Å²) in [5, 5.41) is 1.88. The Labute approximate surface area is 148 Å². The quantitative estimate of drug-likeness (QED) is 0.483. The first-order chi connectivity index (χ1) is 12.5. The number of hydrogen-bond acceptors (Lipinski definition) is 4. The van der Waals surface area contributed by atoms with Crippen LogP contribution in [0, 0.1) is 0 Å². The van der Waals surface area contributed by atoms with Crippen molar-refractivity contribution in [3.8, 4) is 5.75 Å². The SMILES string of the molecule is O=C(COC(=O)c1ccc2ccccc2c1)c1ccc(OC(F)F)cc1. The van der Waals surface area contributed by atoms with E-state index in [0.717, 1.165) is 10.8 Å². The van der Waals surface area contributed by atoms with Crippen LogP contribution in [0.3, 0.4) is 0 Å². The van der Waals surface area contributed by atoms with Gasteiger partial charge in [0, 0.05) is 5.56 Å². The zero-order chi connectivity index (χ0) is 18.5. The maximum atomic E-state index is 12.1. The van der Waals surface area contributed by atoms with Crippen molar-refractivity contribution in [3.05, 3.63) is 77.9 Å². The van der Waals surface area contributed by atoms with Gasteiger partial charge < -0.3 is 9.47 Å². The second-order valence-electron chi connectivity index (χ2n) is 5.46. The molecule has 26 heavy (non-hydrogen) atoms. The van der Waals surface area contributed by atoms with Crippen LogP contribution in [0.4, 0.5) is 8.78 Å². The van der Waals surface area contributed by atoms with Gasteiger partial charge in [-0.2, -0.15) is 8.78 Å². The number of carbonyl (C=O) groups excluding carboxylic acids is 2. The molecule has 0 N–H and O–H groups in total. The minimum absolute atomic E-state index is 0.0512. The van der Waals surface area contributed by atoms with Crippen LogP contribution < -0.4 is 4.74 Å². The van der Waals surface area contributed by atoms with Crippen LogP contribution in [0.25, 0.3) is 10.8 Å². The predicted molar refractivity (Wildman–Crippen MR) is 91.6 cm³/mol. The first kappa shape index (κ1) is 17.5. The number of ketones is 1. The van der Waals surface area contributed by atoms with Crippen molar-refractivity contribution < 1.29 is 27.8 Å². The summed E-state index contributed by atoms with van der Waals surface area (Å²) < 4.78 is 33.5. The van der Waals surface area contributed by atoms with Crippen LogP contribution in [0.15, 0.2) is 66.7 Å². The van der Waals surface area contributed by atoms with Crippen LogP contribution in [0.1, 0.15) is 20.7 Å². The van der Waals surface area contributed by atoms with Crippen LogP contribution in [-0.4, -0.2) is 25.0 Å². The molecule has 0 heterocycles. The fourth-order valence-electron chi connectivity index (χ4n) is 2.44. The molecule has 0 aromatic heterocycles. The molecule has 3 aromatic rings. The first-order valence-corrected chi connectivity index (χ1v) is 7.77. The van der Waals surface area contributed by atoms with Crippen LogP contribution in [-0.2, 0) is 4.74 Å². The first-order valence-electron chi connectivity index (χ1n) is 7.77. The Hall–Kier alpha value is -3.28. The molecule has 3 rings (SSSR count). The summed E-state index contributed by atoms with van der Waals surface area (Å²) in [6.45, 7) is -3.37. The fourth-order valence-corrected chi connectivity index (χ4v) is 2.44. The molecular weight excluding hydrogens is 342 g/mol. The Kier molecular flexibility index (Phi) is 5.22. The largest absolute Gasteiger partial charge is 0.454 e. The zero-order valence-corrected chi connectivity index (χ0v) is 13.5. The third-order valence-electron chi connectivity index (χ3n) is 3.72. The summed E-state index contributed by atoms with van der Waals surface area (Å²) in [6.07, 6.45) is 0. The van der Waals surface area contributed by atoms with Crippen LogP contribution in [0.2, 0.25) is 0 Å². The van der Waals surface area contributed by atoms with E-state index in [-0.39, 0.29) is 11.3 Å². The number of esters is 1. The minimum Gasteiger partial charge on any atom is -0.454 e. The fraction of sp³-hybridized carbons (Fsp3) is 0.100. The number of fused-ring (bicyclic) bond motifs is 1. The van der Waals surface area contributed by atoms with Crippen molar-refractivity contribution in [2.45, 2.75) is 6.61 Å². The van der Waals surface area contributed by atoms with Gasteiger partial charge in [-0.1, -0.05) is 30.3 Å². The van der Waals surface area contributed by atoms with Gasteiger partial charge in [-0.15, -0.1) is 0 Å². The number of alkyl halides is 2. The molecule has 4 nitrogen and oxygen atoms in total. The highest BCUT2D eigenvalue weighted by Gasteiger charge is 2.13. The van der Waals surface area contributed by atoms with Crippen molar-refractivity contribution >= 4 is 22.5 Å². The van der Waals surface area contributed by atoms with Crippen molar-refractivity contribution in [2.24, 2.45) is 0 Å². The van der Waals surface area contributed by atoms with Crippen molar-refractivity contribution in [1.29, 1.82) is 0 Å². The number of benzene rings is 3. The summed E-state index contributed by atoms with van der Waals surface area (Å²) in [5.74, 6) is -1.10. The highest BCUT2D eigenvalue weighted by atomic mass is 19.3. The summed E-state index contributed by atoms with van der Waals surface area (Å²) in [6, 6.07) is 17.9. The Bertz CT molecular complexity index is 936. The highest BCUT2D eigenvalue weighted by molar-refractivity contribution is 6.00. The molecule has 0 spiro atoms. The van der Waals surface area contributed by atoms with Gasteiger partial charge in [0.2, 0.25) is 0 Å². The van der Waals surface area contributed by atoms with Gasteiger partial charge in [0.05, 0.1) is 5.56 Å². The molecule has 0 saturated carbocycles. The molecular formula is C20H14F2O4. The lowest BCUT2D eigenvalue weighted by Gasteiger charge is -2.07. The summed E-state index contributed by atoms with van der Waals surface area (Å²) in [5.41, 5.74) is 0.579. The third kappa shape index (κ3) is 4.22. The van der Waals surface area contributed by atoms with Gasteiger partial charge in [0.1, 0.15) is 5.75 Å². The van der Waals surface area contributed by atoms with Crippen LogP contribution >= 0.6 is 0 Å². The van der Waals surface area contributed by atoms with E-state index in [1.807, 2.05) is 24.3 Å². The molecule has 6 heteroatoms. The van der Waals surface area contributed by atoms with E-state index in [2.05, 4.69) is 4.74 Å². The molecule has 132 valence electrons. The van der Waals surface area contributed by atoms with Gasteiger partial charge in [0.15, 0.2) is 12.4 Å². The van der Waals surface area contributed by atoms with Crippen LogP contribution in [0.5, 0.6) is 5.75 Å². The van der Waals surface area contributed by atoms with E-state index in [9.17, 15) is 18.4 Å². The van der Waals surface area contributed by atoms with Gasteiger partial charge in [-0.3, -0.25) is 4.79 Å². The topological polar surface area (TPSA) is 52.6 Å². The number of ether oxygens (including phenoxy) is 2. The molecule has 0 bridgehead atoms. The highest BCUT2D eigenvalue weighted by Crippen LogP contribution is 2.17. The summed E-state index contributed by atoms with van der Waals surface area (Å²) >= 11 is 0. The average molecular weight is 356 g/mol. The summed E-state index contributed by atoms with van der Waals surface area (Å²) in [7, 11) is 0. The minimum atomic E-state index is -2.93. The van der Waals surface area contributed by atoms with Crippen molar-refractivity contribution in [2.75, 3.05) is 6.61 Å². The number of halogens is 2. The molecule has 0 aliphatic heterocycles. The smallest absolute Gasteiger partial charge is 0.387 e. The van der Waals surface area contributed by atoms with Gasteiger partial charge in [-0.05, 0) is 47.2 Å². The van der Waals surface area contributed by atoms with Crippen molar-refractivity contribution in [1.82, 2.24) is 0 Å². The van der Waals surface area contributed by atoms with E-state index >= 15 is 0 Å². The molecule has 0 aliphatic carbocycles. The number of hydrogen-bond donors (Lipinski definition) is 0. The molecule has 0 radical (unpaired) electrons. The standard InChI is InChI=1S/C20H14F2O4/c21-20(22)26-17-9-7-14(8-10-17)18(23)12-25-19(24)16-6-5-13-3-1-2-4-15(13)11-16/h1-11,20H,12H2. The second kappa shape index (κ2) is 7.74. The number of Topliss-reactive ketones (excluding diaryl/α,β-unsaturated/α-hetero) is 1. The lowest BCUT2D eigenvalue weighted by atomic mass is 10.1. The molecule has 3 aromatic carbocycles. The Morgan fingerprint density at radius 1 is 0.846 bits per heavy atom. The molecule has 0 fully saturated rings. The molecule has 0 unspecified atom stereocenters. The zero-order valence-electron chi connectivity index (χ0n) is 13.5. The van der Waals surface area contributed by atoms with E-state index in [1.165, 1.54) is 24.3 Å². The van der Waals surface area contributed by atoms with Gasteiger partial charge in [-0.25, -0.2) is 4.79 Å². The second-order valence-corrected chi connectivity index (χ2v) is 5.46. The van der Waals surface area contributed by atoms with Gasteiger partial charge >= 0.3 is 12.6 Å². The van der Waals surface area contributed by atoms with E-state index in [0.29, 0.717) is 5.56 Å². The lowest BCUT2D eigenvalue weighted by molar-refractivity contribution is -0.0498.